The highest BCUT2D eigenvalue weighted by atomic mass is 16.6. The van der Waals surface area contributed by atoms with Crippen molar-refractivity contribution in [3.05, 3.63) is 71.0 Å². The predicted molar refractivity (Wildman–Crippen MR) is 116 cm³/mol. The third-order valence-electron chi connectivity index (χ3n) is 4.78. The molecular formula is C22H26N4O2. The summed E-state index contributed by atoms with van der Waals surface area (Å²) in [6, 6.07) is 15.8. The van der Waals surface area contributed by atoms with Crippen molar-refractivity contribution in [2.45, 2.75) is 39.8 Å². The lowest BCUT2D eigenvalue weighted by molar-refractivity contribution is -0.384. The van der Waals surface area contributed by atoms with Crippen LogP contribution in [0.5, 0.6) is 0 Å². The molecule has 2 N–H and O–H groups in total. The number of benzene rings is 2. The number of rotatable bonds is 3. The van der Waals surface area contributed by atoms with E-state index in [1.54, 1.807) is 12.1 Å². The average Bonchev–Trinajstić information content (AvgIpc) is 3.25. The van der Waals surface area contributed by atoms with Gasteiger partial charge in [0.1, 0.15) is 0 Å². The van der Waals surface area contributed by atoms with Gasteiger partial charge < -0.3 is 14.9 Å². The normalized spacial score (nSPS) is 11.2. The van der Waals surface area contributed by atoms with E-state index in [2.05, 4.69) is 50.6 Å². The predicted octanol–water partition coefficient (Wildman–Crippen LogP) is 5.93. The minimum absolute atomic E-state index is 0.142. The Balaban J connectivity index is 0.000000162. The van der Waals surface area contributed by atoms with Crippen LogP contribution in [-0.4, -0.2) is 14.1 Å². The van der Waals surface area contributed by atoms with Crippen molar-refractivity contribution in [3.63, 3.8) is 0 Å². The van der Waals surface area contributed by atoms with Gasteiger partial charge in [-0.1, -0.05) is 6.07 Å². The quantitative estimate of drug-likeness (QED) is 0.272. The molecule has 0 aliphatic carbocycles. The number of hydrogen-bond acceptors (Lipinski definition) is 3. The van der Waals surface area contributed by atoms with E-state index >= 15 is 0 Å². The fraction of sp³-hybridized carbons (Fsp3) is 0.273. The first-order valence-corrected chi connectivity index (χ1v) is 9.39. The van der Waals surface area contributed by atoms with E-state index < -0.39 is 0 Å². The molecule has 0 atom stereocenters. The number of anilines is 1. The molecule has 2 aromatic carbocycles. The van der Waals surface area contributed by atoms with Gasteiger partial charge >= 0.3 is 0 Å². The van der Waals surface area contributed by atoms with Gasteiger partial charge in [-0.15, -0.1) is 0 Å². The summed E-state index contributed by atoms with van der Waals surface area (Å²) in [6.45, 7) is 8.45. The molecule has 0 aliphatic heterocycles. The van der Waals surface area contributed by atoms with Crippen LogP contribution in [0.4, 0.5) is 11.4 Å². The van der Waals surface area contributed by atoms with Gasteiger partial charge in [0, 0.05) is 47.7 Å². The molecule has 2 heterocycles. The zero-order valence-electron chi connectivity index (χ0n) is 16.7. The Morgan fingerprint density at radius 3 is 1.82 bits per heavy atom. The van der Waals surface area contributed by atoms with Crippen molar-refractivity contribution in [2.24, 2.45) is 0 Å². The lowest BCUT2D eigenvalue weighted by Crippen LogP contribution is -1.98. The molecule has 0 spiro atoms. The van der Waals surface area contributed by atoms with E-state index in [0.29, 0.717) is 12.1 Å². The smallest absolute Gasteiger partial charge is 0.271 e. The number of hydrogen-bond donors (Lipinski definition) is 1. The van der Waals surface area contributed by atoms with Crippen LogP contribution in [0.25, 0.3) is 21.8 Å². The minimum Gasteiger partial charge on any atom is -0.399 e. The van der Waals surface area contributed by atoms with E-state index in [-0.39, 0.29) is 10.6 Å². The van der Waals surface area contributed by atoms with Crippen LogP contribution in [0.15, 0.2) is 60.9 Å². The molecule has 0 amide bonds. The van der Waals surface area contributed by atoms with Crippen LogP contribution >= 0.6 is 0 Å². The fourth-order valence-electron chi connectivity index (χ4n) is 3.32. The molecule has 6 nitrogen and oxygen atoms in total. The number of nitro groups is 1. The molecule has 28 heavy (non-hydrogen) atoms. The van der Waals surface area contributed by atoms with E-state index in [4.69, 9.17) is 5.73 Å². The summed E-state index contributed by atoms with van der Waals surface area (Å²) in [6.07, 6.45) is 4.06. The molecule has 2 aromatic heterocycles. The van der Waals surface area contributed by atoms with Crippen LogP contribution < -0.4 is 5.73 Å². The second-order valence-corrected chi connectivity index (χ2v) is 7.45. The zero-order valence-corrected chi connectivity index (χ0v) is 16.7. The number of aromatic nitrogens is 2. The van der Waals surface area contributed by atoms with Gasteiger partial charge in [0.05, 0.1) is 16.0 Å². The Labute approximate surface area is 164 Å². The monoisotopic (exact) mass is 378 g/mol. The summed E-state index contributed by atoms with van der Waals surface area (Å²) in [5.41, 5.74) is 8.84. The zero-order chi connectivity index (χ0) is 20.4. The minimum atomic E-state index is -0.364. The summed E-state index contributed by atoms with van der Waals surface area (Å²) >= 11 is 0. The first kappa shape index (κ1) is 19.5. The van der Waals surface area contributed by atoms with Gasteiger partial charge in [-0.25, -0.2) is 0 Å². The third kappa shape index (κ3) is 3.86. The van der Waals surface area contributed by atoms with Crippen molar-refractivity contribution in [1.82, 2.24) is 9.13 Å². The summed E-state index contributed by atoms with van der Waals surface area (Å²) < 4.78 is 4.26. The maximum atomic E-state index is 10.6. The lowest BCUT2D eigenvalue weighted by atomic mass is 10.2. The molecule has 0 radical (unpaired) electrons. The van der Waals surface area contributed by atoms with Crippen molar-refractivity contribution < 1.29 is 4.92 Å². The highest BCUT2D eigenvalue weighted by Gasteiger charge is 2.10. The molecule has 6 heteroatoms. The van der Waals surface area contributed by atoms with Crippen molar-refractivity contribution in [2.75, 3.05) is 5.73 Å². The Hall–Kier alpha value is -3.28. The summed E-state index contributed by atoms with van der Waals surface area (Å²) in [7, 11) is 0. The largest absolute Gasteiger partial charge is 0.399 e. The Kier molecular flexibility index (Phi) is 5.40. The number of nitrogens with zero attached hydrogens (tertiary/aromatic N) is 3. The van der Waals surface area contributed by atoms with Gasteiger partial charge in [0.15, 0.2) is 0 Å². The molecule has 4 aromatic rings. The van der Waals surface area contributed by atoms with E-state index in [0.717, 1.165) is 16.6 Å². The summed E-state index contributed by atoms with van der Waals surface area (Å²) in [5.74, 6) is 0. The van der Waals surface area contributed by atoms with Gasteiger partial charge in [-0.05, 0) is 63.4 Å². The maximum Gasteiger partial charge on any atom is 0.271 e. The molecule has 0 bridgehead atoms. The van der Waals surface area contributed by atoms with Gasteiger partial charge in [0.25, 0.3) is 5.69 Å². The molecule has 0 aliphatic rings. The van der Waals surface area contributed by atoms with E-state index in [1.807, 2.05) is 29.0 Å². The van der Waals surface area contributed by atoms with Crippen LogP contribution in [0, 0.1) is 10.1 Å². The average molecular weight is 378 g/mol. The van der Waals surface area contributed by atoms with Crippen LogP contribution in [0.2, 0.25) is 0 Å². The van der Waals surface area contributed by atoms with Gasteiger partial charge in [-0.2, -0.15) is 0 Å². The number of non-ortho nitro benzene ring substituents is 1. The second kappa shape index (κ2) is 7.76. The third-order valence-corrected chi connectivity index (χ3v) is 4.78. The molecule has 0 saturated heterocycles. The standard InChI is InChI=1S/C11H12N2O2.C11H14N2/c1-8(2)12-6-5-9-3-4-10(13(14)15)7-11(9)12;1-8(2)13-6-5-9-3-4-10(12)7-11(9)13/h3-8H,1-2H3;3-8H,12H2,1-2H3. The molecule has 0 saturated carbocycles. The highest BCUT2D eigenvalue weighted by Crippen LogP contribution is 2.24. The molecule has 0 unspecified atom stereocenters. The molecule has 4 rings (SSSR count). The molecular weight excluding hydrogens is 352 g/mol. The first-order chi connectivity index (χ1) is 13.3. The van der Waals surface area contributed by atoms with Crippen LogP contribution in [0.3, 0.4) is 0 Å². The highest BCUT2D eigenvalue weighted by molar-refractivity contribution is 5.83. The Morgan fingerprint density at radius 1 is 0.821 bits per heavy atom. The van der Waals surface area contributed by atoms with Gasteiger partial charge in [0.2, 0.25) is 0 Å². The lowest BCUT2D eigenvalue weighted by Gasteiger charge is -2.09. The fourth-order valence-corrected chi connectivity index (χ4v) is 3.32. The van der Waals surface area contributed by atoms with Crippen molar-refractivity contribution in [1.29, 1.82) is 0 Å². The first-order valence-electron chi connectivity index (χ1n) is 9.39. The molecule has 0 fully saturated rings. The Bertz CT molecular complexity index is 1120. The van der Waals surface area contributed by atoms with Crippen LogP contribution in [0.1, 0.15) is 39.8 Å². The number of fused-ring (bicyclic) bond motifs is 2. The van der Waals surface area contributed by atoms with Crippen LogP contribution in [-0.2, 0) is 0 Å². The second-order valence-electron chi connectivity index (χ2n) is 7.45. The number of nitrogen functional groups attached to an aromatic ring is 1. The number of nitrogens with two attached hydrogens (primary N) is 1. The number of nitro benzene ring substituents is 1. The molecule has 146 valence electrons. The van der Waals surface area contributed by atoms with Crippen molar-refractivity contribution >= 4 is 33.2 Å². The topological polar surface area (TPSA) is 79.0 Å². The summed E-state index contributed by atoms with van der Waals surface area (Å²) in [5, 5.41) is 12.9. The van der Waals surface area contributed by atoms with Gasteiger partial charge in [-0.3, -0.25) is 10.1 Å². The van der Waals surface area contributed by atoms with E-state index in [9.17, 15) is 10.1 Å². The van der Waals surface area contributed by atoms with Crippen molar-refractivity contribution in [3.8, 4) is 0 Å². The summed E-state index contributed by atoms with van der Waals surface area (Å²) in [4.78, 5) is 10.3. The van der Waals surface area contributed by atoms with E-state index in [1.165, 1.54) is 17.0 Å². The SMILES string of the molecule is CC(C)n1ccc2ccc(N)cc21.CC(C)n1ccc2ccc([N+](=O)[O-])cc21. The maximum absolute atomic E-state index is 10.6. The Morgan fingerprint density at radius 2 is 1.32 bits per heavy atom.